The Morgan fingerprint density at radius 1 is 0.971 bits per heavy atom. The number of amides is 2. The van der Waals surface area contributed by atoms with Crippen LogP contribution in [0.2, 0.25) is 0 Å². The molecular weight excluding hydrogens is 467 g/mol. The zero-order valence-corrected chi connectivity index (χ0v) is 21.5. The Morgan fingerprint density at radius 2 is 1.59 bits per heavy atom. The van der Waals surface area contributed by atoms with E-state index in [-0.39, 0.29) is 5.13 Å². The highest BCUT2D eigenvalue weighted by atomic mass is 32.1. The van der Waals surface area contributed by atoms with E-state index in [0.29, 0.717) is 37.0 Å². The number of nitrogens with one attached hydrogen (secondary N) is 3. The maximum atomic E-state index is 12.5. The quantitative estimate of drug-likeness (QED) is 0.131. The van der Waals surface area contributed by atoms with E-state index in [1.807, 2.05) is 0 Å². The number of unbranched alkanes of at least 4 members (excludes halogenated alkanes) is 8. The summed E-state index contributed by atoms with van der Waals surface area (Å²) in [6.45, 7) is 6.17. The number of urea groups is 1. The number of hydrogen-bond donors (Lipinski definition) is 3. The lowest BCUT2D eigenvalue weighted by molar-refractivity contribution is -0.144. The van der Waals surface area contributed by atoms with Crippen LogP contribution in [-0.4, -0.2) is 35.1 Å². The molecule has 0 bridgehead atoms. The molecule has 0 saturated heterocycles. The van der Waals surface area contributed by atoms with Gasteiger partial charge in [0, 0.05) is 31.3 Å². The van der Waals surface area contributed by atoms with Crippen molar-refractivity contribution in [2.75, 3.05) is 25.2 Å². The maximum Gasteiger partial charge on any atom is 0.452 e. The van der Waals surface area contributed by atoms with E-state index in [2.05, 4.69) is 39.4 Å². The summed E-state index contributed by atoms with van der Waals surface area (Å²) in [5.74, 6) is -0.642. The molecule has 1 rings (SSSR count). The van der Waals surface area contributed by atoms with E-state index in [0.717, 1.165) is 6.61 Å². The van der Waals surface area contributed by atoms with Crippen LogP contribution in [-0.2, 0) is 10.9 Å². The Kier molecular flexibility index (Phi) is 16.7. The number of ether oxygens (including phenoxy) is 1. The molecule has 1 atom stereocenters. The van der Waals surface area contributed by atoms with Crippen LogP contribution in [0.4, 0.5) is 23.1 Å². The van der Waals surface area contributed by atoms with Crippen LogP contribution in [0.5, 0.6) is 0 Å². The molecule has 0 aliphatic heterocycles. The van der Waals surface area contributed by atoms with Crippen LogP contribution in [0, 0.1) is 5.92 Å². The second kappa shape index (κ2) is 18.7. The first-order valence-corrected chi connectivity index (χ1v) is 13.4. The van der Waals surface area contributed by atoms with Gasteiger partial charge >= 0.3 is 12.2 Å². The highest BCUT2D eigenvalue weighted by molar-refractivity contribution is 7.09. The number of alkyl halides is 3. The molecule has 1 aromatic rings. The Hall–Kier alpha value is -1.62. The van der Waals surface area contributed by atoms with Crippen molar-refractivity contribution in [3.8, 4) is 0 Å². The number of carbonyl (C=O) groups is 1. The Bertz CT molecular complexity index is 646. The Morgan fingerprint density at radius 3 is 2.21 bits per heavy atom. The highest BCUT2D eigenvalue weighted by Gasteiger charge is 2.36. The molecule has 0 saturated carbocycles. The van der Waals surface area contributed by atoms with Gasteiger partial charge in [0.05, 0.1) is 0 Å². The van der Waals surface area contributed by atoms with Crippen molar-refractivity contribution in [2.24, 2.45) is 5.92 Å². The normalized spacial score (nSPS) is 12.5. The van der Waals surface area contributed by atoms with Crippen LogP contribution in [0.1, 0.15) is 103 Å². The van der Waals surface area contributed by atoms with Gasteiger partial charge in [0.1, 0.15) is 0 Å². The molecule has 0 spiro atoms. The smallest absolute Gasteiger partial charge is 0.381 e. The van der Waals surface area contributed by atoms with Crippen molar-refractivity contribution in [3.63, 3.8) is 0 Å². The van der Waals surface area contributed by atoms with Crippen LogP contribution in [0.15, 0.2) is 0 Å². The first-order chi connectivity index (χ1) is 16.4. The predicted octanol–water partition coefficient (Wildman–Crippen LogP) is 6.93. The number of halogens is 3. The number of nitrogens with zero attached hydrogens (tertiary/aromatic N) is 2. The average molecular weight is 510 g/mol. The molecule has 1 aromatic heterocycles. The molecule has 1 heterocycles. The van der Waals surface area contributed by atoms with Gasteiger partial charge in [0.15, 0.2) is 0 Å². The number of anilines is 1. The average Bonchev–Trinajstić information content (AvgIpc) is 3.29. The first-order valence-electron chi connectivity index (χ1n) is 12.6. The molecule has 1 unspecified atom stereocenters. The number of rotatable bonds is 20. The molecule has 0 aromatic carbocycles. The van der Waals surface area contributed by atoms with Crippen LogP contribution in [0.3, 0.4) is 0 Å². The van der Waals surface area contributed by atoms with Crippen molar-refractivity contribution in [1.82, 2.24) is 20.1 Å². The van der Waals surface area contributed by atoms with Crippen molar-refractivity contribution >= 4 is 22.7 Å². The summed E-state index contributed by atoms with van der Waals surface area (Å²) < 4.78 is 46.5. The molecule has 3 N–H and O–H groups in total. The van der Waals surface area contributed by atoms with Gasteiger partial charge in [-0.05, 0) is 25.2 Å². The summed E-state index contributed by atoms with van der Waals surface area (Å²) >= 11 is 0.519. The fraction of sp³-hybridized carbons (Fsp3) is 0.870. The lowest BCUT2D eigenvalue weighted by atomic mass is 9.95. The zero-order chi connectivity index (χ0) is 25.1. The summed E-state index contributed by atoms with van der Waals surface area (Å²) in [7, 11) is 0. The Labute approximate surface area is 206 Å². The maximum absolute atomic E-state index is 12.5. The van der Waals surface area contributed by atoms with Gasteiger partial charge in [-0.3, -0.25) is 5.43 Å². The van der Waals surface area contributed by atoms with E-state index in [4.69, 9.17) is 4.74 Å². The molecule has 0 radical (unpaired) electrons. The van der Waals surface area contributed by atoms with Gasteiger partial charge in [-0.25, -0.2) is 10.2 Å². The van der Waals surface area contributed by atoms with Crippen molar-refractivity contribution < 1.29 is 22.7 Å². The highest BCUT2D eigenvalue weighted by Crippen LogP contribution is 2.28. The minimum Gasteiger partial charge on any atom is -0.381 e. The van der Waals surface area contributed by atoms with Crippen LogP contribution in [0.25, 0.3) is 0 Å². The minimum atomic E-state index is -4.61. The number of aromatic nitrogens is 2. The van der Waals surface area contributed by atoms with E-state index >= 15 is 0 Å². The van der Waals surface area contributed by atoms with E-state index in [1.165, 1.54) is 77.0 Å². The fourth-order valence-electron chi connectivity index (χ4n) is 3.55. The summed E-state index contributed by atoms with van der Waals surface area (Å²) in [6.07, 6.45) is 11.4. The van der Waals surface area contributed by atoms with Crippen LogP contribution >= 0.6 is 11.5 Å². The molecule has 11 heteroatoms. The van der Waals surface area contributed by atoms with E-state index in [9.17, 15) is 18.0 Å². The van der Waals surface area contributed by atoms with Gasteiger partial charge in [0.2, 0.25) is 11.0 Å². The predicted molar refractivity (Wildman–Crippen MR) is 131 cm³/mol. The third kappa shape index (κ3) is 15.3. The second-order valence-electron chi connectivity index (χ2n) is 8.63. The molecule has 0 aliphatic rings. The summed E-state index contributed by atoms with van der Waals surface area (Å²) in [5.41, 5.74) is 4.57. The monoisotopic (exact) mass is 509 g/mol. The van der Waals surface area contributed by atoms with Gasteiger partial charge in [0.25, 0.3) is 0 Å². The lowest BCUT2D eigenvalue weighted by Gasteiger charge is -2.17. The fourth-order valence-corrected chi connectivity index (χ4v) is 4.10. The van der Waals surface area contributed by atoms with Crippen molar-refractivity contribution in [1.29, 1.82) is 0 Å². The molecule has 7 nitrogen and oxygen atoms in total. The molecule has 2 amide bonds. The first kappa shape index (κ1) is 30.4. The van der Waals surface area contributed by atoms with Crippen LogP contribution < -0.4 is 16.2 Å². The molecule has 0 aliphatic carbocycles. The van der Waals surface area contributed by atoms with Crippen molar-refractivity contribution in [2.45, 2.75) is 103 Å². The topological polar surface area (TPSA) is 88.2 Å². The zero-order valence-electron chi connectivity index (χ0n) is 20.6. The molecule has 0 fully saturated rings. The molecule has 198 valence electrons. The van der Waals surface area contributed by atoms with E-state index < -0.39 is 18.0 Å². The Balaban J connectivity index is 2.15. The number of carbonyl (C=O) groups excluding carboxylic acids is 1. The summed E-state index contributed by atoms with van der Waals surface area (Å²) in [5, 5.41) is 2.49. The standard InChI is InChI=1S/C23H42F3N5O2S/c1-3-5-7-9-10-12-15-19(14-11-8-6-4-2)18-33-17-13-16-27-21(32)29-30-22-28-20(31-34-22)23(24,25)26/h19H,3-18H2,1-2H3,(H2,27,29,32)(H,28,30,31). The molecule has 34 heavy (non-hydrogen) atoms. The third-order valence-corrected chi connectivity index (χ3v) is 6.13. The SMILES string of the molecule is CCCCCCCCC(CCCCCC)COCCCNC(=O)NNc1nc(C(F)(F)F)ns1. The number of hydrazine groups is 1. The third-order valence-electron chi connectivity index (χ3n) is 5.50. The van der Waals surface area contributed by atoms with Gasteiger partial charge in [-0.2, -0.15) is 22.5 Å². The van der Waals surface area contributed by atoms with E-state index in [1.54, 1.807) is 0 Å². The van der Waals surface area contributed by atoms with Gasteiger partial charge in [-0.1, -0.05) is 78.1 Å². The largest absolute Gasteiger partial charge is 0.452 e. The van der Waals surface area contributed by atoms with Gasteiger partial charge in [-0.15, -0.1) is 0 Å². The minimum absolute atomic E-state index is 0.138. The lowest BCUT2D eigenvalue weighted by Crippen LogP contribution is -2.39. The number of hydrogen-bond acceptors (Lipinski definition) is 6. The summed E-state index contributed by atoms with van der Waals surface area (Å²) in [6, 6.07) is -0.555. The second-order valence-corrected chi connectivity index (χ2v) is 9.38. The van der Waals surface area contributed by atoms with Crippen molar-refractivity contribution in [3.05, 3.63) is 5.82 Å². The van der Waals surface area contributed by atoms with Gasteiger partial charge < -0.3 is 10.1 Å². The summed E-state index contributed by atoms with van der Waals surface area (Å²) in [4.78, 5) is 15.0. The molecular formula is C23H42F3N5O2S.